The van der Waals surface area contributed by atoms with Gasteiger partial charge in [0.15, 0.2) is 0 Å². The van der Waals surface area contributed by atoms with Crippen LogP contribution >= 0.6 is 0 Å². The van der Waals surface area contributed by atoms with E-state index in [4.69, 9.17) is 4.74 Å². The molecule has 1 fully saturated rings. The number of para-hydroxylation sites is 2. The van der Waals surface area contributed by atoms with Gasteiger partial charge in [0.25, 0.3) is 5.91 Å². The fraction of sp³-hybridized carbons (Fsp3) is 0.500. The maximum Gasteiger partial charge on any atom is 0.252 e. The minimum Gasteiger partial charge on any atom is -0.492 e. The van der Waals surface area contributed by atoms with Crippen molar-refractivity contribution in [2.75, 3.05) is 11.9 Å². The van der Waals surface area contributed by atoms with Crippen molar-refractivity contribution in [3.8, 4) is 5.75 Å². The van der Waals surface area contributed by atoms with E-state index in [1.807, 2.05) is 31.2 Å². The number of amides is 1. The van der Waals surface area contributed by atoms with Crippen molar-refractivity contribution < 1.29 is 9.53 Å². The lowest BCUT2D eigenvalue weighted by molar-refractivity contribution is -0.126. The number of hydrogen-bond acceptors (Lipinski definition) is 5. The van der Waals surface area contributed by atoms with Crippen molar-refractivity contribution in [3.63, 3.8) is 0 Å². The van der Waals surface area contributed by atoms with Gasteiger partial charge in [-0.15, -0.1) is 5.10 Å². The number of aromatic nitrogens is 4. The molecule has 0 radical (unpaired) electrons. The van der Waals surface area contributed by atoms with Crippen molar-refractivity contribution in [1.82, 2.24) is 20.2 Å². The van der Waals surface area contributed by atoms with E-state index in [0.717, 1.165) is 32.1 Å². The van der Waals surface area contributed by atoms with E-state index in [-0.39, 0.29) is 5.91 Å². The minimum absolute atomic E-state index is 0.0864. The molecule has 1 aromatic heterocycles. The molecule has 1 aromatic carbocycles. The number of tetrazole rings is 1. The van der Waals surface area contributed by atoms with Gasteiger partial charge in [0, 0.05) is 0 Å². The SMILES string of the molecule is CCOc1ccccc1NC(=O)C1(n2cnnn2)CCCCC1. The fourth-order valence-corrected chi connectivity index (χ4v) is 3.14. The molecule has 0 unspecified atom stereocenters. The smallest absolute Gasteiger partial charge is 0.252 e. The number of carbonyl (C=O) groups is 1. The summed E-state index contributed by atoms with van der Waals surface area (Å²) in [5.41, 5.74) is -0.0430. The molecule has 0 bridgehead atoms. The van der Waals surface area contributed by atoms with Gasteiger partial charge in [0.2, 0.25) is 0 Å². The Balaban J connectivity index is 1.88. The number of rotatable bonds is 5. The zero-order chi connectivity index (χ0) is 16.1. The third-order valence-electron chi connectivity index (χ3n) is 4.33. The van der Waals surface area contributed by atoms with Crippen LogP contribution in [0, 0.1) is 0 Å². The average Bonchev–Trinajstić information content (AvgIpc) is 3.12. The molecule has 0 saturated heterocycles. The van der Waals surface area contributed by atoms with Crippen LogP contribution in [0.25, 0.3) is 0 Å². The molecular weight excluding hydrogens is 294 g/mol. The van der Waals surface area contributed by atoms with Gasteiger partial charge in [-0.1, -0.05) is 31.4 Å². The quantitative estimate of drug-likeness (QED) is 0.916. The maximum atomic E-state index is 13.1. The normalized spacial score (nSPS) is 16.7. The van der Waals surface area contributed by atoms with Crippen LogP contribution in [0.1, 0.15) is 39.0 Å². The van der Waals surface area contributed by atoms with E-state index >= 15 is 0 Å². The minimum atomic E-state index is -0.721. The summed E-state index contributed by atoms with van der Waals surface area (Å²) in [5.74, 6) is 0.586. The molecule has 0 aliphatic heterocycles. The number of anilines is 1. The molecule has 3 rings (SSSR count). The number of nitrogens with zero attached hydrogens (tertiary/aromatic N) is 4. The molecule has 2 aromatic rings. The second-order valence-corrected chi connectivity index (χ2v) is 5.73. The van der Waals surface area contributed by atoms with Gasteiger partial charge in [-0.25, -0.2) is 4.68 Å². The van der Waals surface area contributed by atoms with Gasteiger partial charge in [0.05, 0.1) is 12.3 Å². The molecule has 7 nitrogen and oxygen atoms in total. The van der Waals surface area contributed by atoms with E-state index in [2.05, 4.69) is 20.8 Å². The first-order valence-corrected chi connectivity index (χ1v) is 8.03. The summed E-state index contributed by atoms with van der Waals surface area (Å²) < 4.78 is 7.19. The van der Waals surface area contributed by atoms with Crippen LogP contribution in [0.5, 0.6) is 5.75 Å². The Morgan fingerprint density at radius 2 is 2.09 bits per heavy atom. The van der Waals surface area contributed by atoms with Crippen LogP contribution in [-0.4, -0.2) is 32.7 Å². The predicted molar refractivity (Wildman–Crippen MR) is 85.1 cm³/mol. The van der Waals surface area contributed by atoms with Gasteiger partial charge in [0.1, 0.15) is 17.6 Å². The molecule has 0 atom stereocenters. The summed E-state index contributed by atoms with van der Waals surface area (Å²) in [6, 6.07) is 7.46. The molecule has 23 heavy (non-hydrogen) atoms. The van der Waals surface area contributed by atoms with Crippen LogP contribution < -0.4 is 10.1 Å². The number of hydrogen-bond donors (Lipinski definition) is 1. The maximum absolute atomic E-state index is 13.1. The highest BCUT2D eigenvalue weighted by molar-refractivity contribution is 5.97. The second-order valence-electron chi connectivity index (χ2n) is 5.73. The van der Waals surface area contributed by atoms with Gasteiger partial charge < -0.3 is 10.1 Å². The molecule has 122 valence electrons. The summed E-state index contributed by atoms with van der Waals surface area (Å²) in [7, 11) is 0. The monoisotopic (exact) mass is 315 g/mol. The Labute approximate surface area is 135 Å². The summed E-state index contributed by atoms with van der Waals surface area (Å²) in [6.07, 6.45) is 6.11. The van der Waals surface area contributed by atoms with Gasteiger partial charge in [-0.3, -0.25) is 4.79 Å². The van der Waals surface area contributed by atoms with Crippen molar-refractivity contribution >= 4 is 11.6 Å². The van der Waals surface area contributed by atoms with Crippen molar-refractivity contribution in [2.45, 2.75) is 44.6 Å². The molecule has 1 aliphatic rings. The van der Waals surface area contributed by atoms with E-state index in [1.54, 1.807) is 4.68 Å². The predicted octanol–water partition coefficient (Wildman–Crippen LogP) is 2.37. The Bertz CT molecular complexity index is 650. The molecule has 1 amide bonds. The van der Waals surface area contributed by atoms with Crippen LogP contribution in [0.3, 0.4) is 0 Å². The van der Waals surface area contributed by atoms with E-state index in [0.29, 0.717) is 18.0 Å². The molecule has 1 heterocycles. The van der Waals surface area contributed by atoms with E-state index in [1.165, 1.54) is 6.33 Å². The topological polar surface area (TPSA) is 81.9 Å². The second kappa shape index (κ2) is 6.76. The third-order valence-corrected chi connectivity index (χ3v) is 4.33. The summed E-state index contributed by atoms with van der Waals surface area (Å²) in [5, 5.41) is 14.4. The van der Waals surface area contributed by atoms with Gasteiger partial charge in [-0.2, -0.15) is 0 Å². The molecule has 0 spiro atoms. The van der Waals surface area contributed by atoms with Crippen LogP contribution in [0.4, 0.5) is 5.69 Å². The molecule has 1 saturated carbocycles. The largest absolute Gasteiger partial charge is 0.492 e. The summed E-state index contributed by atoms with van der Waals surface area (Å²) >= 11 is 0. The Hall–Kier alpha value is -2.44. The third kappa shape index (κ3) is 3.04. The Morgan fingerprint density at radius 3 is 2.78 bits per heavy atom. The number of ether oxygens (including phenoxy) is 1. The fourth-order valence-electron chi connectivity index (χ4n) is 3.14. The Morgan fingerprint density at radius 1 is 1.30 bits per heavy atom. The van der Waals surface area contributed by atoms with Gasteiger partial charge >= 0.3 is 0 Å². The first kappa shape index (κ1) is 15.5. The lowest BCUT2D eigenvalue weighted by atomic mass is 9.81. The lowest BCUT2D eigenvalue weighted by Gasteiger charge is -2.35. The summed E-state index contributed by atoms with van der Waals surface area (Å²) in [6.45, 7) is 2.47. The average molecular weight is 315 g/mol. The van der Waals surface area contributed by atoms with Crippen molar-refractivity contribution in [2.24, 2.45) is 0 Å². The van der Waals surface area contributed by atoms with Crippen LogP contribution in [0.2, 0.25) is 0 Å². The number of carbonyl (C=O) groups excluding carboxylic acids is 1. The van der Waals surface area contributed by atoms with E-state index in [9.17, 15) is 4.79 Å². The highest BCUT2D eigenvalue weighted by Crippen LogP contribution is 2.36. The Kier molecular flexibility index (Phi) is 4.55. The highest BCUT2D eigenvalue weighted by atomic mass is 16.5. The van der Waals surface area contributed by atoms with E-state index < -0.39 is 5.54 Å². The zero-order valence-electron chi connectivity index (χ0n) is 13.2. The lowest BCUT2D eigenvalue weighted by Crippen LogP contribution is -2.47. The first-order chi connectivity index (χ1) is 11.3. The van der Waals surface area contributed by atoms with Crippen molar-refractivity contribution in [3.05, 3.63) is 30.6 Å². The molecule has 1 aliphatic carbocycles. The molecular formula is C16H21N5O2. The van der Waals surface area contributed by atoms with Crippen LogP contribution in [-0.2, 0) is 10.3 Å². The molecule has 7 heteroatoms. The number of nitrogens with one attached hydrogen (secondary N) is 1. The standard InChI is InChI=1S/C16H21N5O2/c1-2-23-14-9-5-4-8-13(14)18-15(22)16(10-6-3-7-11-16)21-12-17-19-20-21/h4-5,8-9,12H,2-3,6-7,10-11H2,1H3,(H,18,22). The molecule has 1 N–H and O–H groups in total. The van der Waals surface area contributed by atoms with Gasteiger partial charge in [-0.05, 0) is 42.3 Å². The zero-order valence-corrected chi connectivity index (χ0v) is 13.2. The highest BCUT2D eigenvalue weighted by Gasteiger charge is 2.42. The number of benzene rings is 1. The van der Waals surface area contributed by atoms with Crippen LogP contribution in [0.15, 0.2) is 30.6 Å². The van der Waals surface area contributed by atoms with Crippen molar-refractivity contribution in [1.29, 1.82) is 0 Å². The first-order valence-electron chi connectivity index (χ1n) is 8.03. The summed E-state index contributed by atoms with van der Waals surface area (Å²) in [4.78, 5) is 13.1.